The molecule has 0 saturated carbocycles. The number of aryl methyl sites for hydroxylation is 1. The Kier molecular flexibility index (Phi) is 3.78. The van der Waals surface area contributed by atoms with E-state index in [1.807, 2.05) is 29.6 Å². The van der Waals surface area contributed by atoms with Crippen LogP contribution in [0, 0.1) is 0 Å². The highest BCUT2D eigenvalue weighted by atomic mass is 35.5. The van der Waals surface area contributed by atoms with Gasteiger partial charge in [0.15, 0.2) is 0 Å². The monoisotopic (exact) mass is 306 g/mol. The number of thiophene rings is 1. The molecule has 1 atom stereocenters. The number of fused-ring (bicyclic) bond motifs is 1. The molecule has 0 amide bonds. The molecule has 0 saturated heterocycles. The molecule has 5 heteroatoms. The second kappa shape index (κ2) is 5.56. The molecule has 20 heavy (non-hydrogen) atoms. The first-order valence-electron chi connectivity index (χ1n) is 6.55. The minimum Gasteiger partial charge on any atom is -0.387 e. The largest absolute Gasteiger partial charge is 0.387 e. The summed E-state index contributed by atoms with van der Waals surface area (Å²) in [5.74, 6) is 0.908. The molecule has 0 radical (unpaired) electrons. The summed E-state index contributed by atoms with van der Waals surface area (Å²) in [7, 11) is 0. The molecule has 0 aliphatic rings. The molecule has 3 rings (SSSR count). The van der Waals surface area contributed by atoms with Gasteiger partial charge in [-0.15, -0.1) is 11.3 Å². The number of benzene rings is 1. The van der Waals surface area contributed by atoms with Crippen LogP contribution in [-0.2, 0) is 13.0 Å². The number of aliphatic hydroxyl groups is 1. The van der Waals surface area contributed by atoms with Crippen molar-refractivity contribution in [2.75, 3.05) is 0 Å². The van der Waals surface area contributed by atoms with E-state index in [2.05, 4.69) is 22.5 Å². The van der Waals surface area contributed by atoms with E-state index in [4.69, 9.17) is 11.6 Å². The van der Waals surface area contributed by atoms with Crippen LogP contribution < -0.4 is 0 Å². The molecule has 2 aromatic heterocycles. The average Bonchev–Trinajstić information content (AvgIpc) is 3.01. The number of hydrogen-bond donors (Lipinski definition) is 1. The van der Waals surface area contributed by atoms with Gasteiger partial charge in [-0.25, -0.2) is 4.98 Å². The quantitative estimate of drug-likeness (QED) is 0.789. The van der Waals surface area contributed by atoms with Gasteiger partial charge in [-0.3, -0.25) is 0 Å². The van der Waals surface area contributed by atoms with Crippen molar-refractivity contribution in [3.05, 3.63) is 51.4 Å². The molecule has 1 N–H and O–H groups in total. The van der Waals surface area contributed by atoms with Crippen LogP contribution in [0.25, 0.3) is 11.0 Å². The molecular formula is C15H15ClN2OS. The number of rotatable bonds is 4. The van der Waals surface area contributed by atoms with Crippen LogP contribution in [-0.4, -0.2) is 14.7 Å². The first kappa shape index (κ1) is 13.6. The Hall–Kier alpha value is -1.36. The van der Waals surface area contributed by atoms with E-state index in [9.17, 15) is 5.11 Å². The first-order valence-corrected chi connectivity index (χ1v) is 7.81. The van der Waals surface area contributed by atoms with Gasteiger partial charge in [0.2, 0.25) is 0 Å². The fraction of sp³-hybridized carbons (Fsp3) is 0.267. The minimum atomic E-state index is -0.561. The fourth-order valence-electron chi connectivity index (χ4n) is 2.41. The summed E-state index contributed by atoms with van der Waals surface area (Å²) in [6, 6.07) is 9.86. The Morgan fingerprint density at radius 1 is 1.40 bits per heavy atom. The summed E-state index contributed by atoms with van der Waals surface area (Å²) in [5, 5.41) is 12.8. The SMILES string of the molecule is CCn1c(CC(O)c2cc(Cl)cs2)nc2ccccc21. The van der Waals surface area contributed by atoms with Gasteiger partial charge in [-0.2, -0.15) is 0 Å². The lowest BCUT2D eigenvalue weighted by Gasteiger charge is -2.10. The first-order chi connectivity index (χ1) is 9.69. The van der Waals surface area contributed by atoms with Gasteiger partial charge in [0.1, 0.15) is 5.82 Å². The van der Waals surface area contributed by atoms with Crippen LogP contribution >= 0.6 is 22.9 Å². The second-order valence-electron chi connectivity index (χ2n) is 4.65. The van der Waals surface area contributed by atoms with Crippen molar-refractivity contribution in [2.45, 2.75) is 26.0 Å². The molecular weight excluding hydrogens is 292 g/mol. The van der Waals surface area contributed by atoms with Gasteiger partial charge in [0.05, 0.1) is 22.2 Å². The number of para-hydroxylation sites is 2. The van der Waals surface area contributed by atoms with E-state index in [0.29, 0.717) is 11.4 Å². The van der Waals surface area contributed by atoms with Gasteiger partial charge in [0, 0.05) is 23.2 Å². The highest BCUT2D eigenvalue weighted by molar-refractivity contribution is 7.10. The van der Waals surface area contributed by atoms with E-state index in [1.54, 1.807) is 0 Å². The van der Waals surface area contributed by atoms with Gasteiger partial charge >= 0.3 is 0 Å². The van der Waals surface area contributed by atoms with Crippen molar-refractivity contribution in [2.24, 2.45) is 0 Å². The lowest BCUT2D eigenvalue weighted by Crippen LogP contribution is -2.07. The van der Waals surface area contributed by atoms with Crippen LogP contribution in [0.3, 0.4) is 0 Å². The third kappa shape index (κ3) is 2.46. The maximum Gasteiger partial charge on any atom is 0.112 e. The predicted molar refractivity (Wildman–Crippen MR) is 83.4 cm³/mol. The maximum absolute atomic E-state index is 10.3. The smallest absolute Gasteiger partial charge is 0.112 e. The van der Waals surface area contributed by atoms with Crippen molar-refractivity contribution in [3.63, 3.8) is 0 Å². The number of hydrogen-bond acceptors (Lipinski definition) is 3. The minimum absolute atomic E-state index is 0.499. The van der Waals surface area contributed by atoms with Gasteiger partial charge < -0.3 is 9.67 Å². The van der Waals surface area contributed by atoms with Crippen molar-refractivity contribution >= 4 is 34.0 Å². The summed E-state index contributed by atoms with van der Waals surface area (Å²) in [5.41, 5.74) is 2.09. The Morgan fingerprint density at radius 2 is 2.20 bits per heavy atom. The summed E-state index contributed by atoms with van der Waals surface area (Å²) >= 11 is 7.39. The van der Waals surface area contributed by atoms with Gasteiger partial charge in [-0.1, -0.05) is 23.7 Å². The van der Waals surface area contributed by atoms with E-state index in [0.717, 1.165) is 28.3 Å². The topological polar surface area (TPSA) is 38.0 Å². The summed E-state index contributed by atoms with van der Waals surface area (Å²) < 4.78 is 2.15. The molecule has 0 fully saturated rings. The maximum atomic E-state index is 10.3. The molecule has 0 aliphatic heterocycles. The van der Waals surface area contributed by atoms with Crippen LogP contribution in [0.5, 0.6) is 0 Å². The molecule has 0 spiro atoms. The second-order valence-corrected chi connectivity index (χ2v) is 6.03. The third-order valence-corrected chi connectivity index (χ3v) is 4.72. The number of aliphatic hydroxyl groups excluding tert-OH is 1. The Labute approximate surface area is 126 Å². The fourth-order valence-corrected chi connectivity index (χ4v) is 3.48. The van der Waals surface area contributed by atoms with E-state index < -0.39 is 6.10 Å². The molecule has 2 heterocycles. The highest BCUT2D eigenvalue weighted by Crippen LogP contribution is 2.28. The molecule has 1 aromatic carbocycles. The molecule has 104 valence electrons. The van der Waals surface area contributed by atoms with Crippen molar-refractivity contribution < 1.29 is 5.11 Å². The Morgan fingerprint density at radius 3 is 2.90 bits per heavy atom. The summed E-state index contributed by atoms with van der Waals surface area (Å²) in [6.45, 7) is 2.93. The van der Waals surface area contributed by atoms with Crippen LogP contribution in [0.4, 0.5) is 0 Å². The van der Waals surface area contributed by atoms with Crippen LogP contribution in [0.1, 0.15) is 23.7 Å². The highest BCUT2D eigenvalue weighted by Gasteiger charge is 2.16. The van der Waals surface area contributed by atoms with E-state index >= 15 is 0 Å². The Bertz CT molecular complexity index is 734. The van der Waals surface area contributed by atoms with Crippen LogP contribution in [0.15, 0.2) is 35.7 Å². The zero-order chi connectivity index (χ0) is 14.1. The van der Waals surface area contributed by atoms with E-state index in [1.165, 1.54) is 11.3 Å². The number of imidazole rings is 1. The van der Waals surface area contributed by atoms with Crippen molar-refractivity contribution in [1.82, 2.24) is 9.55 Å². The number of nitrogens with zero attached hydrogens (tertiary/aromatic N) is 2. The lowest BCUT2D eigenvalue weighted by molar-refractivity contribution is 0.178. The zero-order valence-electron chi connectivity index (χ0n) is 11.1. The molecule has 3 aromatic rings. The molecule has 0 aliphatic carbocycles. The average molecular weight is 307 g/mol. The van der Waals surface area contributed by atoms with Crippen LogP contribution in [0.2, 0.25) is 5.02 Å². The molecule has 0 bridgehead atoms. The standard InChI is InChI=1S/C15H15ClN2OS/c1-2-18-12-6-4-3-5-11(12)17-15(18)8-13(19)14-7-10(16)9-20-14/h3-7,9,13,19H,2,8H2,1H3. The van der Waals surface area contributed by atoms with E-state index in [-0.39, 0.29) is 0 Å². The van der Waals surface area contributed by atoms with Crippen molar-refractivity contribution in [1.29, 1.82) is 0 Å². The van der Waals surface area contributed by atoms with Gasteiger partial charge in [-0.05, 0) is 25.1 Å². The number of aromatic nitrogens is 2. The zero-order valence-corrected chi connectivity index (χ0v) is 12.7. The number of halogens is 1. The van der Waals surface area contributed by atoms with Gasteiger partial charge in [0.25, 0.3) is 0 Å². The van der Waals surface area contributed by atoms with Crippen molar-refractivity contribution in [3.8, 4) is 0 Å². The Balaban J connectivity index is 1.94. The normalized spacial score (nSPS) is 12.9. The summed E-state index contributed by atoms with van der Waals surface area (Å²) in [4.78, 5) is 5.51. The molecule has 3 nitrogen and oxygen atoms in total. The lowest BCUT2D eigenvalue weighted by atomic mass is 10.2. The predicted octanol–water partition coefficient (Wildman–Crippen LogP) is 4.05. The third-order valence-electron chi connectivity index (χ3n) is 3.34. The summed E-state index contributed by atoms with van der Waals surface area (Å²) in [6.07, 6.45) is -0.0612. The molecule has 1 unspecified atom stereocenters.